The average Bonchev–Trinajstić information content (AvgIpc) is 4.36. The Bertz CT molecular complexity index is 2250. The van der Waals surface area contributed by atoms with Crippen LogP contribution in [0.1, 0.15) is 155 Å². The van der Waals surface area contributed by atoms with E-state index in [9.17, 15) is 29.7 Å². The lowest BCUT2D eigenvalue weighted by atomic mass is 9.93. The quantitative estimate of drug-likeness (QED) is 0.0673. The monoisotopic (exact) mass is 1070 g/mol. The third-order valence-electron chi connectivity index (χ3n) is 14.7. The van der Waals surface area contributed by atoms with Gasteiger partial charge in [-0.2, -0.15) is 0 Å². The molecule has 3 aromatic heterocycles. The molecule has 0 bridgehead atoms. The number of aldehydes is 1. The Morgan fingerprint density at radius 3 is 1.35 bits per heavy atom. The highest BCUT2D eigenvalue weighted by atomic mass is 35.5. The van der Waals surface area contributed by atoms with E-state index in [4.69, 9.17) is 52.5 Å². The minimum absolute atomic E-state index is 0.0288. The van der Waals surface area contributed by atoms with E-state index in [-0.39, 0.29) is 37.4 Å². The molecule has 3 aromatic rings. The van der Waals surface area contributed by atoms with Gasteiger partial charge in [0.25, 0.3) is 0 Å². The van der Waals surface area contributed by atoms with Gasteiger partial charge in [0.2, 0.25) is 5.91 Å². The molecule has 5 aliphatic carbocycles. The molecular weight excluding hydrogens is 990 g/mol. The Hall–Kier alpha value is -3.72. The van der Waals surface area contributed by atoms with E-state index < -0.39 is 23.7 Å². The zero-order chi connectivity index (χ0) is 54.6. The summed E-state index contributed by atoms with van der Waals surface area (Å²) >= 11 is 10.1. The van der Waals surface area contributed by atoms with Crippen LogP contribution < -0.4 is 5.32 Å². The number of ether oxygens (including phenoxy) is 3. The van der Waals surface area contributed by atoms with Gasteiger partial charge in [-0.3, -0.25) is 39.1 Å². The van der Waals surface area contributed by atoms with Crippen molar-refractivity contribution in [3.8, 4) is 0 Å². The number of pyridine rings is 3. The number of carboxylic acid groups (broad SMARTS) is 1. The Labute approximate surface area is 449 Å². The zero-order valence-corrected chi connectivity index (χ0v) is 47.0. The lowest BCUT2D eigenvalue weighted by Crippen LogP contribution is -2.46. The van der Waals surface area contributed by atoms with Crippen molar-refractivity contribution in [2.75, 3.05) is 95.2 Å². The van der Waals surface area contributed by atoms with Crippen molar-refractivity contribution < 1.29 is 49.0 Å². The number of alkyl halides is 2. The number of halogens is 2. The minimum atomic E-state index is -0.687. The van der Waals surface area contributed by atoms with E-state index in [0.29, 0.717) is 29.6 Å². The summed E-state index contributed by atoms with van der Waals surface area (Å²) in [4.78, 5) is 54.2. The Morgan fingerprint density at radius 2 is 1.01 bits per heavy atom. The molecule has 3 atom stereocenters. The van der Waals surface area contributed by atoms with Crippen LogP contribution in [0.4, 0.5) is 0 Å². The third-order valence-corrected chi connectivity index (χ3v) is 15.3. The molecule has 17 nitrogen and oxygen atoms in total. The van der Waals surface area contributed by atoms with Crippen LogP contribution in [-0.4, -0.2) is 175 Å². The molecular formula is C55H85Cl2N7O10. The molecule has 19 heteroatoms. The van der Waals surface area contributed by atoms with Gasteiger partial charge in [-0.05, 0) is 172 Å². The number of aliphatic hydroxyl groups excluding tert-OH is 3. The van der Waals surface area contributed by atoms with E-state index in [0.717, 1.165) is 136 Å². The summed E-state index contributed by atoms with van der Waals surface area (Å²) in [5.74, 6) is 0.583. The first-order valence-corrected chi connectivity index (χ1v) is 27.1. The van der Waals surface area contributed by atoms with Crippen LogP contribution in [0.2, 0.25) is 0 Å². The number of carboxylic acids is 1. The van der Waals surface area contributed by atoms with Gasteiger partial charge in [-0.25, -0.2) is 0 Å². The number of carbonyl (C=O) groups excluding carboxylic acids is 2. The predicted molar refractivity (Wildman–Crippen MR) is 288 cm³/mol. The Morgan fingerprint density at radius 1 is 0.635 bits per heavy atom. The fourth-order valence-corrected chi connectivity index (χ4v) is 9.87. The van der Waals surface area contributed by atoms with Crippen LogP contribution in [-0.2, 0) is 75.4 Å². The topological polar surface area (TPSA) is 220 Å². The van der Waals surface area contributed by atoms with Crippen molar-refractivity contribution >= 4 is 41.4 Å². The summed E-state index contributed by atoms with van der Waals surface area (Å²) in [5.41, 5.74) is 11.2. The van der Waals surface area contributed by atoms with E-state index in [1.807, 2.05) is 39.2 Å². The lowest BCUT2D eigenvalue weighted by molar-refractivity contribution is -0.144. The summed E-state index contributed by atoms with van der Waals surface area (Å²) in [7, 11) is 16.0. The molecule has 3 heterocycles. The SMILES string of the molecule is CN(C)C1(C(=O)O)CC1.CNCc1cc2c(nc1C(CO)OC)CCCC2.COC(CO)c1nc2c(cc1C=O)CCCC2.COC(CO)c1nc2c(cc1CN(C)C(=O)C1(N(C)C)CC1)CCCC2.ClCCCl. The maximum Gasteiger partial charge on any atom is 0.324 e. The number of hydrogen-bond acceptors (Lipinski definition) is 15. The van der Waals surface area contributed by atoms with Crippen LogP contribution in [0.5, 0.6) is 0 Å². The van der Waals surface area contributed by atoms with Gasteiger partial charge in [0, 0.05) is 75.9 Å². The fraction of sp³-hybridized carbons (Fsp3) is 0.673. The Balaban J connectivity index is 0.000000219. The van der Waals surface area contributed by atoms with Crippen molar-refractivity contribution in [2.24, 2.45) is 0 Å². The van der Waals surface area contributed by atoms with Crippen LogP contribution in [0.25, 0.3) is 0 Å². The van der Waals surface area contributed by atoms with Crippen molar-refractivity contribution in [1.82, 2.24) is 35.0 Å². The number of aliphatic carboxylic acids is 1. The van der Waals surface area contributed by atoms with Crippen LogP contribution in [0, 0.1) is 0 Å². The maximum absolute atomic E-state index is 13.0. The molecule has 0 aromatic carbocycles. The van der Waals surface area contributed by atoms with Crippen LogP contribution in [0.3, 0.4) is 0 Å². The molecule has 5 aliphatic rings. The van der Waals surface area contributed by atoms with Crippen LogP contribution in [0.15, 0.2) is 18.2 Å². The van der Waals surface area contributed by atoms with Crippen molar-refractivity contribution in [3.05, 3.63) is 85.7 Å². The highest BCUT2D eigenvalue weighted by molar-refractivity contribution is 6.25. The average molecular weight is 1080 g/mol. The highest BCUT2D eigenvalue weighted by Crippen LogP contribution is 2.42. The molecule has 414 valence electrons. The molecule has 0 spiro atoms. The second-order valence-corrected chi connectivity index (χ2v) is 20.8. The van der Waals surface area contributed by atoms with Crippen molar-refractivity contribution in [2.45, 2.75) is 145 Å². The Kier molecular flexibility index (Phi) is 26.2. The van der Waals surface area contributed by atoms with Gasteiger partial charge in [0.15, 0.2) is 6.29 Å². The van der Waals surface area contributed by atoms with Crippen molar-refractivity contribution in [1.29, 1.82) is 0 Å². The number of aromatic nitrogens is 3. The highest BCUT2D eigenvalue weighted by Gasteiger charge is 2.53. The molecule has 8 rings (SSSR count). The first-order valence-electron chi connectivity index (χ1n) is 26.1. The predicted octanol–water partition coefficient (Wildman–Crippen LogP) is 6.13. The molecule has 0 saturated heterocycles. The van der Waals surface area contributed by atoms with Gasteiger partial charge >= 0.3 is 5.97 Å². The van der Waals surface area contributed by atoms with Gasteiger partial charge in [0.05, 0.1) is 36.9 Å². The van der Waals surface area contributed by atoms with Gasteiger partial charge < -0.3 is 44.9 Å². The molecule has 3 unspecified atom stereocenters. The number of hydrogen-bond donors (Lipinski definition) is 5. The third kappa shape index (κ3) is 16.4. The summed E-state index contributed by atoms with van der Waals surface area (Å²) in [6.45, 7) is 0.941. The molecule has 74 heavy (non-hydrogen) atoms. The number of fused-ring (bicyclic) bond motifs is 3. The van der Waals surface area contributed by atoms with Gasteiger partial charge in [-0.1, -0.05) is 12.1 Å². The summed E-state index contributed by atoms with van der Waals surface area (Å²) in [6, 6.07) is 6.30. The second kappa shape index (κ2) is 30.9. The molecule has 0 aliphatic heterocycles. The van der Waals surface area contributed by atoms with E-state index in [2.05, 4.69) is 22.4 Å². The van der Waals surface area contributed by atoms with Crippen LogP contribution >= 0.6 is 23.2 Å². The summed E-state index contributed by atoms with van der Waals surface area (Å²) < 4.78 is 15.9. The number of nitrogens with zero attached hydrogens (tertiary/aromatic N) is 6. The largest absolute Gasteiger partial charge is 0.480 e. The molecule has 1 amide bonds. The van der Waals surface area contributed by atoms with E-state index in [1.165, 1.54) is 43.2 Å². The number of aliphatic hydroxyl groups is 3. The maximum atomic E-state index is 13.0. The number of rotatable bonds is 19. The molecule has 5 N–H and O–H groups in total. The summed E-state index contributed by atoms with van der Waals surface area (Å²) in [5, 5.41) is 40.1. The standard InChI is InChI=1S/C20H31N3O3.C14H22N2O2.C13H17NO3.C6H11NO2.C2H4Cl2/c1-22(2)20(9-10-20)19(25)23(3)12-15-11-14-7-5-6-8-16(14)21-18(15)17(13-24)26-4;1-15-8-11-7-10-5-3-4-6-12(10)16-14(11)13(9-17)18-2;1-17-12(8-16)13-10(7-15)6-9-4-2-3-5-11(9)14-13;1-7(2)6(3-4-6)5(8)9;3-1-2-4/h11,17,24H,5-10,12-13H2,1-4H3;7,13,15,17H,3-6,8-9H2,1-2H3;6-7,12,16H,2-5,8H2,1H3;3-4H2,1-2H3,(H,8,9);1-2H2. The molecule has 2 fully saturated rings. The minimum Gasteiger partial charge on any atom is -0.480 e. The normalized spacial score (nSPS) is 17.6. The fourth-order valence-electron chi connectivity index (χ4n) is 9.87. The number of nitrogens with one attached hydrogen (secondary N) is 1. The molecule has 2 saturated carbocycles. The zero-order valence-electron chi connectivity index (χ0n) is 45.5. The lowest BCUT2D eigenvalue weighted by Gasteiger charge is -2.30. The summed E-state index contributed by atoms with van der Waals surface area (Å²) in [6.07, 6.45) is 16.1. The van der Waals surface area contributed by atoms with Crippen molar-refractivity contribution in [3.63, 3.8) is 0 Å². The number of likely N-dealkylation sites (N-methyl/N-ethyl adjacent to an activating group) is 3. The van der Waals surface area contributed by atoms with E-state index >= 15 is 0 Å². The first-order chi connectivity index (χ1) is 35.5. The number of amides is 1. The van der Waals surface area contributed by atoms with Gasteiger partial charge in [0.1, 0.15) is 29.4 Å². The molecule has 0 radical (unpaired) electrons. The second-order valence-electron chi connectivity index (χ2n) is 20.0. The number of carbonyl (C=O) groups is 3. The smallest absolute Gasteiger partial charge is 0.324 e. The number of methoxy groups -OCH3 is 3. The number of aryl methyl sites for hydroxylation is 6. The first kappa shape index (κ1) is 62.8. The van der Waals surface area contributed by atoms with Gasteiger partial charge in [-0.15, -0.1) is 23.2 Å². The van der Waals surface area contributed by atoms with E-state index in [1.54, 1.807) is 38.1 Å².